The molecule has 0 bridgehead atoms. The molecule has 0 unspecified atom stereocenters. The summed E-state index contributed by atoms with van der Waals surface area (Å²) in [4.78, 5) is 7.21. The van der Waals surface area contributed by atoms with Crippen molar-refractivity contribution in [3.63, 3.8) is 0 Å². The largest absolute Gasteiger partial charge is 0.509 e. The molecule has 0 atom stereocenters. The molecule has 5 nitrogen and oxygen atoms in total. The zero-order chi connectivity index (χ0) is 57.3. The summed E-state index contributed by atoms with van der Waals surface area (Å²) in [5.74, 6) is 2.07. The van der Waals surface area contributed by atoms with Crippen LogP contribution in [0.5, 0.6) is 11.5 Å². The predicted molar refractivity (Wildman–Crippen MR) is 348 cm³/mol. The van der Waals surface area contributed by atoms with E-state index in [4.69, 9.17) is 16.8 Å². The number of aromatic nitrogens is 2. The Labute approximate surface area is 506 Å². The van der Waals surface area contributed by atoms with Crippen molar-refractivity contribution in [2.45, 2.75) is 105 Å². The van der Waals surface area contributed by atoms with Crippen LogP contribution in [0.3, 0.4) is 0 Å². The van der Waals surface area contributed by atoms with Crippen molar-refractivity contribution in [3.05, 3.63) is 236 Å². The van der Waals surface area contributed by atoms with Gasteiger partial charge in [0.1, 0.15) is 5.82 Å². The van der Waals surface area contributed by atoms with E-state index >= 15 is 0 Å². The first kappa shape index (κ1) is 55.8. The number of ether oxygens (including phenoxy) is 1. The van der Waals surface area contributed by atoms with Crippen LogP contribution in [0.4, 0.5) is 22.7 Å². The Morgan fingerprint density at radius 1 is 0.482 bits per heavy atom. The fourth-order valence-corrected chi connectivity index (χ4v) is 18.4. The monoisotopic (exact) mass is 1280 g/mol. The maximum Gasteiger partial charge on any atom is 0.157 e. The van der Waals surface area contributed by atoms with Gasteiger partial charge in [-0.05, 0) is 130 Å². The number of hydrogen-bond acceptors (Lipinski definition) is 4. The van der Waals surface area contributed by atoms with Crippen LogP contribution >= 0.6 is 0 Å². The molecule has 0 saturated carbocycles. The Bertz CT molecular complexity index is 4280. The van der Waals surface area contributed by atoms with Gasteiger partial charge in [0.2, 0.25) is 0 Å². The third-order valence-electron chi connectivity index (χ3n) is 17.1. The normalized spacial score (nSPS) is 13.4. The van der Waals surface area contributed by atoms with E-state index in [1.54, 1.807) is 0 Å². The molecule has 0 fully saturated rings. The van der Waals surface area contributed by atoms with Gasteiger partial charge in [-0.1, -0.05) is 216 Å². The Kier molecular flexibility index (Phi) is 13.6. The van der Waals surface area contributed by atoms with Gasteiger partial charge < -0.3 is 19.5 Å². The number of rotatable bonds is 9. The first-order chi connectivity index (χ1) is 39.1. The molecule has 83 heavy (non-hydrogen) atoms. The number of anilines is 4. The van der Waals surface area contributed by atoms with E-state index in [2.05, 4.69) is 286 Å². The van der Waals surface area contributed by atoms with Crippen molar-refractivity contribution in [1.82, 2.24) is 9.55 Å². The Morgan fingerprint density at radius 3 is 1.70 bits per heavy atom. The van der Waals surface area contributed by atoms with Crippen molar-refractivity contribution in [3.8, 4) is 50.7 Å². The van der Waals surface area contributed by atoms with Crippen LogP contribution in [0, 0.1) is 19.2 Å². The fourth-order valence-electron chi connectivity index (χ4n) is 12.8. The third kappa shape index (κ3) is 9.38. The maximum atomic E-state index is 7.13. The summed E-state index contributed by atoms with van der Waals surface area (Å²) in [5, 5.41) is 11.9. The van der Waals surface area contributed by atoms with Crippen molar-refractivity contribution < 1.29 is 25.8 Å². The minimum atomic E-state index is -2.84. The molecule has 1 N–H and O–H groups in total. The van der Waals surface area contributed by atoms with Crippen LogP contribution in [0.25, 0.3) is 61.0 Å². The molecule has 4 heterocycles. The van der Waals surface area contributed by atoms with E-state index in [-0.39, 0.29) is 42.7 Å². The van der Waals surface area contributed by atoms with E-state index in [9.17, 15) is 0 Å². The third-order valence-corrected chi connectivity index (χ3v) is 22.1. The number of fused-ring (bicyclic) bond motifs is 7. The van der Waals surface area contributed by atoms with Gasteiger partial charge in [0, 0.05) is 66.8 Å². The topological polar surface area (TPSA) is 42.3 Å². The summed E-state index contributed by atoms with van der Waals surface area (Å²) in [6.45, 7) is 27.5. The van der Waals surface area contributed by atoms with E-state index in [1.807, 2.05) is 18.3 Å². The molecular weight excluding hydrogens is 1210 g/mol. The second kappa shape index (κ2) is 20.2. The molecule has 7 heteroatoms. The summed E-state index contributed by atoms with van der Waals surface area (Å²) in [7, 11) is 2.13. The Morgan fingerprint density at radius 2 is 1.05 bits per heavy atom. The second-order valence-corrected chi connectivity index (χ2v) is 30.4. The van der Waals surface area contributed by atoms with Crippen molar-refractivity contribution in [2.75, 3.05) is 10.2 Å². The minimum absolute atomic E-state index is 0. The Hall–Kier alpha value is -7.76. The number of pyridine rings is 1. The van der Waals surface area contributed by atoms with Gasteiger partial charge in [0.25, 0.3) is 0 Å². The van der Waals surface area contributed by atoms with Gasteiger partial charge in [-0.25, -0.2) is 4.98 Å². The number of nitrogens with zero attached hydrogens (tertiary/aromatic N) is 3. The molecule has 0 saturated heterocycles. The molecule has 418 valence electrons. The predicted octanol–water partition coefficient (Wildman–Crippen LogP) is 17.4. The molecule has 11 aromatic rings. The zero-order valence-corrected chi connectivity index (χ0v) is 53.0. The molecular formula is C76H71N4OPtSi-3. The number of para-hydroxylation sites is 2. The molecule has 0 amide bonds. The SMILES string of the molecule is [CH2-]N(c1ccccc1Nc1[c-]c(Oc2[c-]c3c4c(c2)[Si]2(c5ccccc5-c5ccccc52)c2cccc(c24)n3-c2cc(C(C)(C)C)ccn2)ccc1)c1c(-c2ccccc2)cc(C(C)(C)C)cc1-c1cc(C(C)(C)C)cc(C(C)(C)C)c1.[Pt]. The van der Waals surface area contributed by atoms with Gasteiger partial charge in [-0.2, -0.15) is 6.07 Å². The van der Waals surface area contributed by atoms with Crippen LogP contribution in [0.15, 0.2) is 194 Å². The number of nitrogens with one attached hydrogen (secondary N) is 1. The van der Waals surface area contributed by atoms with Crippen LogP contribution < -0.4 is 35.7 Å². The van der Waals surface area contributed by atoms with Gasteiger partial charge in [0.05, 0.1) is 5.69 Å². The van der Waals surface area contributed by atoms with Crippen molar-refractivity contribution in [2.24, 2.45) is 0 Å². The fraction of sp³-hybridized carbons (Fsp3) is 0.211. The number of hydrogen-bond donors (Lipinski definition) is 1. The quantitative estimate of drug-likeness (QED) is 0.116. The molecule has 1 spiro atoms. The molecule has 0 aliphatic carbocycles. The van der Waals surface area contributed by atoms with E-state index in [0.717, 1.165) is 56.3 Å². The van der Waals surface area contributed by atoms with Crippen LogP contribution in [0.1, 0.15) is 105 Å². The molecule has 2 aromatic heterocycles. The maximum absolute atomic E-state index is 7.13. The first-order valence-corrected chi connectivity index (χ1v) is 30.9. The van der Waals surface area contributed by atoms with Gasteiger partial charge in [-0.15, -0.1) is 40.9 Å². The summed E-state index contributed by atoms with van der Waals surface area (Å²) in [6.07, 6.45) is 1.95. The Balaban J connectivity index is 0.00000680. The van der Waals surface area contributed by atoms with E-state index in [0.29, 0.717) is 11.5 Å². The molecule has 2 aliphatic heterocycles. The molecule has 0 radical (unpaired) electrons. The summed E-state index contributed by atoms with van der Waals surface area (Å²) >= 11 is 0. The summed E-state index contributed by atoms with van der Waals surface area (Å²) < 4.78 is 9.45. The average Bonchev–Trinajstić information content (AvgIpc) is 1.84. The van der Waals surface area contributed by atoms with E-state index < -0.39 is 8.07 Å². The molecule has 13 rings (SSSR count). The van der Waals surface area contributed by atoms with Crippen LogP contribution in [-0.2, 0) is 42.7 Å². The van der Waals surface area contributed by atoms with Crippen LogP contribution in [0.2, 0.25) is 0 Å². The zero-order valence-electron chi connectivity index (χ0n) is 49.7. The van der Waals surface area contributed by atoms with Crippen molar-refractivity contribution in [1.29, 1.82) is 0 Å². The second-order valence-electron chi connectivity index (χ2n) is 26.7. The average molecular weight is 1280 g/mol. The van der Waals surface area contributed by atoms with Crippen LogP contribution in [-0.4, -0.2) is 17.6 Å². The smallest absolute Gasteiger partial charge is 0.157 e. The minimum Gasteiger partial charge on any atom is -0.509 e. The summed E-state index contributed by atoms with van der Waals surface area (Å²) in [6, 6.07) is 76.6. The number of benzene rings is 9. The van der Waals surface area contributed by atoms with Gasteiger partial charge >= 0.3 is 0 Å². The molecule has 9 aromatic carbocycles. The van der Waals surface area contributed by atoms with Gasteiger partial charge in [-0.3, -0.25) is 7.05 Å². The van der Waals surface area contributed by atoms with Crippen molar-refractivity contribution >= 4 is 73.4 Å². The van der Waals surface area contributed by atoms with E-state index in [1.165, 1.54) is 70.5 Å². The summed E-state index contributed by atoms with van der Waals surface area (Å²) in [5.41, 5.74) is 17.6. The van der Waals surface area contributed by atoms with Gasteiger partial charge in [0.15, 0.2) is 8.07 Å². The molecule has 2 aliphatic rings. The first-order valence-electron chi connectivity index (χ1n) is 28.9. The standard InChI is InChI=1S/C76H71N4OSi.Pt/c1-73(2,3)50-37-38-77-69(44-50)80-63-33-24-36-67-70(63)71-64(80)46-56(47-68(71)82(67)65-34-21-17-29-57(65)58-30-18-22-35-66(58)82)81-55-28-23-27-54(45-55)78-61-31-19-20-32-62(61)79(13)72-59(48-25-15-14-16-26-48)42-53(76(10,11)12)43-60(72)49-39-51(74(4,5)6)41-52(40-49)75(7,8)9;/h14-44,47,78H,13H2,1-12H3;/q-3;.